The molecule has 3 heteroatoms. The Hall–Kier alpha value is -1.35. The molecule has 1 aromatic rings. The van der Waals surface area contributed by atoms with Gasteiger partial charge in [0.25, 0.3) is 0 Å². The zero-order valence-electron chi connectivity index (χ0n) is 12.5. The van der Waals surface area contributed by atoms with Crippen LogP contribution in [0, 0.1) is 6.92 Å². The van der Waals surface area contributed by atoms with Gasteiger partial charge in [-0.1, -0.05) is 24.3 Å². The minimum atomic E-state index is -0.383. The number of nitrogens with one attached hydrogen (secondary N) is 1. The van der Waals surface area contributed by atoms with Gasteiger partial charge >= 0.3 is 5.97 Å². The Bertz CT molecular complexity index is 407. The van der Waals surface area contributed by atoms with Crippen molar-refractivity contribution in [1.82, 2.24) is 5.32 Å². The predicted molar refractivity (Wildman–Crippen MR) is 78.0 cm³/mol. The van der Waals surface area contributed by atoms with E-state index in [9.17, 15) is 4.79 Å². The summed E-state index contributed by atoms with van der Waals surface area (Å²) in [6.45, 7) is 9.45. The second kappa shape index (κ2) is 7.29. The van der Waals surface area contributed by atoms with Crippen molar-refractivity contribution in [3.05, 3.63) is 35.4 Å². The first-order valence-corrected chi connectivity index (χ1v) is 6.85. The highest BCUT2D eigenvalue weighted by atomic mass is 16.6. The Morgan fingerprint density at radius 2 is 1.95 bits per heavy atom. The lowest BCUT2D eigenvalue weighted by molar-refractivity contribution is -0.154. The largest absolute Gasteiger partial charge is 0.460 e. The lowest BCUT2D eigenvalue weighted by atomic mass is 10.1. The molecule has 3 nitrogen and oxygen atoms in total. The molecule has 19 heavy (non-hydrogen) atoms. The molecule has 0 saturated heterocycles. The fourth-order valence-electron chi connectivity index (χ4n) is 1.78. The molecule has 0 aliphatic rings. The fraction of sp³-hybridized carbons (Fsp3) is 0.562. The van der Waals surface area contributed by atoms with Gasteiger partial charge in [-0.3, -0.25) is 4.79 Å². The van der Waals surface area contributed by atoms with E-state index in [4.69, 9.17) is 4.74 Å². The molecular formula is C16H25NO2. The standard InChI is InChI=1S/C16H25NO2/c1-13-8-5-6-9-14(13)12-17-11-7-10-15(18)19-16(2,3)4/h5-6,8-9,17H,7,10-12H2,1-4H3. The second-order valence-electron chi connectivity index (χ2n) is 5.79. The summed E-state index contributed by atoms with van der Waals surface area (Å²) >= 11 is 0. The highest BCUT2D eigenvalue weighted by molar-refractivity contribution is 5.69. The summed E-state index contributed by atoms with van der Waals surface area (Å²) in [7, 11) is 0. The van der Waals surface area contributed by atoms with Crippen LogP contribution in [0.25, 0.3) is 0 Å². The minimum absolute atomic E-state index is 0.120. The van der Waals surface area contributed by atoms with Crippen molar-refractivity contribution in [2.75, 3.05) is 6.54 Å². The molecule has 0 unspecified atom stereocenters. The van der Waals surface area contributed by atoms with Gasteiger partial charge in [-0.2, -0.15) is 0 Å². The van der Waals surface area contributed by atoms with E-state index in [0.717, 1.165) is 19.5 Å². The number of hydrogen-bond donors (Lipinski definition) is 1. The van der Waals surface area contributed by atoms with Crippen molar-refractivity contribution in [1.29, 1.82) is 0 Å². The molecule has 1 rings (SSSR count). The smallest absolute Gasteiger partial charge is 0.306 e. The van der Waals surface area contributed by atoms with Gasteiger partial charge in [0.15, 0.2) is 0 Å². The number of aryl methyl sites for hydroxylation is 1. The molecule has 0 radical (unpaired) electrons. The molecule has 0 aliphatic carbocycles. The first-order chi connectivity index (χ1) is 8.88. The van der Waals surface area contributed by atoms with Crippen LogP contribution in [0.1, 0.15) is 44.7 Å². The average molecular weight is 263 g/mol. The Kier molecular flexibility index (Phi) is 6.03. The fourth-order valence-corrected chi connectivity index (χ4v) is 1.78. The first-order valence-electron chi connectivity index (χ1n) is 6.85. The van der Waals surface area contributed by atoms with Crippen LogP contribution < -0.4 is 5.32 Å². The van der Waals surface area contributed by atoms with Gasteiger partial charge in [0.2, 0.25) is 0 Å². The quantitative estimate of drug-likeness (QED) is 0.632. The summed E-state index contributed by atoms with van der Waals surface area (Å²) in [6, 6.07) is 8.32. The molecule has 1 aromatic carbocycles. The van der Waals surface area contributed by atoms with E-state index in [1.165, 1.54) is 11.1 Å². The Morgan fingerprint density at radius 1 is 1.26 bits per heavy atom. The Morgan fingerprint density at radius 3 is 2.58 bits per heavy atom. The maximum atomic E-state index is 11.5. The van der Waals surface area contributed by atoms with E-state index in [1.54, 1.807) is 0 Å². The summed E-state index contributed by atoms with van der Waals surface area (Å²) in [5.74, 6) is -0.120. The van der Waals surface area contributed by atoms with Gasteiger partial charge in [0.1, 0.15) is 5.60 Å². The van der Waals surface area contributed by atoms with Crippen molar-refractivity contribution in [3.63, 3.8) is 0 Å². The molecule has 1 N–H and O–H groups in total. The predicted octanol–water partition coefficient (Wildman–Crippen LogP) is 3.21. The summed E-state index contributed by atoms with van der Waals surface area (Å²) in [6.07, 6.45) is 1.28. The van der Waals surface area contributed by atoms with Crippen molar-refractivity contribution in [2.24, 2.45) is 0 Å². The third kappa shape index (κ3) is 6.97. The normalized spacial score (nSPS) is 11.4. The lowest BCUT2D eigenvalue weighted by Crippen LogP contribution is -2.24. The van der Waals surface area contributed by atoms with Gasteiger partial charge in [0.05, 0.1) is 0 Å². The van der Waals surface area contributed by atoms with Crippen molar-refractivity contribution in [3.8, 4) is 0 Å². The van der Waals surface area contributed by atoms with Crippen molar-refractivity contribution < 1.29 is 9.53 Å². The van der Waals surface area contributed by atoms with Crippen molar-refractivity contribution >= 4 is 5.97 Å². The van der Waals surface area contributed by atoms with Crippen LogP contribution in [0.5, 0.6) is 0 Å². The van der Waals surface area contributed by atoms with Crippen LogP contribution >= 0.6 is 0 Å². The highest BCUT2D eigenvalue weighted by Gasteiger charge is 2.15. The van der Waals surface area contributed by atoms with E-state index in [1.807, 2.05) is 32.9 Å². The van der Waals surface area contributed by atoms with Crippen LogP contribution in [0.2, 0.25) is 0 Å². The monoisotopic (exact) mass is 263 g/mol. The lowest BCUT2D eigenvalue weighted by Gasteiger charge is -2.19. The number of benzene rings is 1. The minimum Gasteiger partial charge on any atom is -0.460 e. The zero-order chi connectivity index (χ0) is 14.3. The topological polar surface area (TPSA) is 38.3 Å². The third-order valence-electron chi connectivity index (χ3n) is 2.73. The van der Waals surface area contributed by atoms with Crippen LogP contribution in [0.15, 0.2) is 24.3 Å². The maximum Gasteiger partial charge on any atom is 0.306 e. The molecule has 0 bridgehead atoms. The number of rotatable bonds is 6. The van der Waals surface area contributed by atoms with Crippen LogP contribution in [-0.4, -0.2) is 18.1 Å². The van der Waals surface area contributed by atoms with E-state index in [-0.39, 0.29) is 11.6 Å². The molecule has 0 spiro atoms. The number of hydrogen-bond acceptors (Lipinski definition) is 3. The first kappa shape index (κ1) is 15.7. The number of carbonyl (C=O) groups excluding carboxylic acids is 1. The van der Waals surface area contributed by atoms with Crippen LogP contribution in [-0.2, 0) is 16.1 Å². The van der Waals surface area contributed by atoms with Gasteiger partial charge in [-0.05, 0) is 51.8 Å². The summed E-state index contributed by atoms with van der Waals surface area (Å²) in [4.78, 5) is 11.5. The van der Waals surface area contributed by atoms with Gasteiger partial charge in [-0.15, -0.1) is 0 Å². The molecule has 0 aromatic heterocycles. The Balaban J connectivity index is 2.15. The van der Waals surface area contributed by atoms with E-state index in [0.29, 0.717) is 6.42 Å². The molecule has 0 heterocycles. The molecule has 0 fully saturated rings. The molecule has 0 aliphatic heterocycles. The third-order valence-corrected chi connectivity index (χ3v) is 2.73. The summed E-state index contributed by atoms with van der Waals surface area (Å²) in [5, 5.41) is 3.35. The number of esters is 1. The molecular weight excluding hydrogens is 238 g/mol. The molecule has 0 amide bonds. The second-order valence-corrected chi connectivity index (χ2v) is 5.79. The van der Waals surface area contributed by atoms with Crippen LogP contribution in [0.4, 0.5) is 0 Å². The zero-order valence-corrected chi connectivity index (χ0v) is 12.5. The van der Waals surface area contributed by atoms with Gasteiger partial charge in [-0.25, -0.2) is 0 Å². The van der Waals surface area contributed by atoms with Gasteiger partial charge in [0, 0.05) is 13.0 Å². The SMILES string of the molecule is Cc1ccccc1CNCCCC(=O)OC(C)(C)C. The molecule has 106 valence electrons. The summed E-state index contributed by atoms with van der Waals surface area (Å²) in [5.41, 5.74) is 2.22. The number of carbonyl (C=O) groups is 1. The van der Waals surface area contributed by atoms with Crippen molar-refractivity contribution in [2.45, 2.75) is 52.7 Å². The molecule has 0 saturated carbocycles. The van der Waals surface area contributed by atoms with E-state index >= 15 is 0 Å². The van der Waals surface area contributed by atoms with E-state index in [2.05, 4.69) is 24.4 Å². The highest BCUT2D eigenvalue weighted by Crippen LogP contribution is 2.09. The maximum absolute atomic E-state index is 11.5. The summed E-state index contributed by atoms with van der Waals surface area (Å²) < 4.78 is 5.25. The average Bonchev–Trinajstić information content (AvgIpc) is 2.28. The van der Waals surface area contributed by atoms with Crippen LogP contribution in [0.3, 0.4) is 0 Å². The molecule has 0 atom stereocenters. The van der Waals surface area contributed by atoms with E-state index < -0.39 is 0 Å². The number of ether oxygens (including phenoxy) is 1. The van der Waals surface area contributed by atoms with Gasteiger partial charge < -0.3 is 10.1 Å². The Labute approximate surface area is 116 Å².